The lowest BCUT2D eigenvalue weighted by atomic mass is 9.79. The van der Waals surface area contributed by atoms with Crippen molar-refractivity contribution in [3.63, 3.8) is 0 Å². The molecular weight excluding hydrogens is 384 g/mol. The molecule has 1 atom stereocenters. The van der Waals surface area contributed by atoms with Gasteiger partial charge in [0.05, 0.1) is 49.1 Å². The third-order valence-electron chi connectivity index (χ3n) is 5.39. The molecule has 0 spiro atoms. The zero-order chi connectivity index (χ0) is 21.4. The summed E-state index contributed by atoms with van der Waals surface area (Å²) in [6.07, 6.45) is 1.63. The van der Waals surface area contributed by atoms with Crippen LogP contribution in [-0.2, 0) is 9.53 Å². The van der Waals surface area contributed by atoms with Crippen LogP contribution in [0.2, 0.25) is 0 Å². The van der Waals surface area contributed by atoms with Crippen LogP contribution in [0.4, 0.5) is 5.69 Å². The molecule has 1 unspecified atom stereocenters. The highest BCUT2D eigenvalue weighted by atomic mass is 16.6. The van der Waals surface area contributed by atoms with Crippen molar-refractivity contribution in [2.75, 3.05) is 25.6 Å². The van der Waals surface area contributed by atoms with Gasteiger partial charge < -0.3 is 25.3 Å². The fraction of sp³-hybridized carbons (Fsp3) is 0.318. The second-order valence-corrected chi connectivity index (χ2v) is 7.34. The number of methoxy groups -OCH3 is 1. The van der Waals surface area contributed by atoms with Gasteiger partial charge in [0.25, 0.3) is 0 Å². The van der Waals surface area contributed by atoms with Crippen LogP contribution in [-0.4, -0.2) is 37.3 Å². The van der Waals surface area contributed by atoms with Crippen molar-refractivity contribution in [3.05, 3.63) is 57.9 Å². The van der Waals surface area contributed by atoms with Gasteiger partial charge in [-0.3, -0.25) is 4.79 Å². The number of hydrogen-bond donors (Lipinski definition) is 2. The summed E-state index contributed by atoms with van der Waals surface area (Å²) < 4.78 is 16.9. The summed E-state index contributed by atoms with van der Waals surface area (Å²) in [6, 6.07) is 7.23. The van der Waals surface area contributed by atoms with Crippen molar-refractivity contribution in [3.8, 4) is 17.7 Å². The number of nitrogens with one attached hydrogen (secondary N) is 1. The van der Waals surface area contributed by atoms with E-state index in [0.29, 0.717) is 52.8 Å². The van der Waals surface area contributed by atoms with Gasteiger partial charge in [0.1, 0.15) is 11.9 Å². The number of rotatable bonds is 5. The Balaban J connectivity index is 1.97. The number of benzene rings is 1. The molecule has 0 aliphatic carbocycles. The molecule has 1 fully saturated rings. The van der Waals surface area contributed by atoms with Crippen molar-refractivity contribution in [1.82, 2.24) is 4.98 Å². The lowest BCUT2D eigenvalue weighted by Gasteiger charge is -2.34. The van der Waals surface area contributed by atoms with Crippen LogP contribution in [0.3, 0.4) is 0 Å². The van der Waals surface area contributed by atoms with Crippen LogP contribution in [0.5, 0.6) is 11.6 Å². The molecular formula is C22H22N4O4. The average Bonchev–Trinajstić information content (AvgIpc) is 2.70. The molecule has 1 aromatic heterocycles. The number of nitrogens with two attached hydrogens (primary N) is 1. The van der Waals surface area contributed by atoms with E-state index in [-0.39, 0.29) is 6.10 Å². The highest BCUT2D eigenvalue weighted by Crippen LogP contribution is 2.49. The first-order valence-electron chi connectivity index (χ1n) is 9.54. The molecule has 0 radical (unpaired) electrons. The quantitative estimate of drug-likeness (QED) is 0.782. The highest BCUT2D eigenvalue weighted by molar-refractivity contribution is 5.98. The van der Waals surface area contributed by atoms with Gasteiger partial charge in [0.15, 0.2) is 0 Å². The van der Waals surface area contributed by atoms with Gasteiger partial charge >= 0.3 is 0 Å². The van der Waals surface area contributed by atoms with Crippen LogP contribution in [0.15, 0.2) is 35.7 Å². The number of anilines is 1. The van der Waals surface area contributed by atoms with E-state index < -0.39 is 11.8 Å². The van der Waals surface area contributed by atoms with E-state index in [9.17, 15) is 10.1 Å². The lowest BCUT2D eigenvalue weighted by Crippen LogP contribution is -2.39. The molecule has 30 heavy (non-hydrogen) atoms. The maximum Gasteiger partial charge on any atom is 0.247 e. The maximum absolute atomic E-state index is 12.5. The van der Waals surface area contributed by atoms with E-state index in [1.54, 1.807) is 24.4 Å². The minimum atomic E-state index is -0.565. The van der Waals surface area contributed by atoms with Crippen LogP contribution >= 0.6 is 0 Å². The number of primary amides is 1. The standard InChI is InChI=1S/C22H22N4O4/c1-11-8-25-22(30-14-9-29-10-14)19-18(17(21(24)27)12(2)26-20(11)19)15-5-4-13(7-23)6-16(15)28-3/h4-6,8,14,18,26H,9-10H2,1-3H3,(H2,24,27). The molecule has 1 saturated heterocycles. The number of carbonyl (C=O) groups excluding carboxylic acids is 1. The van der Waals surface area contributed by atoms with Crippen LogP contribution in [0.25, 0.3) is 0 Å². The molecule has 154 valence electrons. The molecule has 1 amide bonds. The number of aromatic nitrogens is 1. The monoisotopic (exact) mass is 406 g/mol. The summed E-state index contributed by atoms with van der Waals surface area (Å²) in [7, 11) is 1.53. The van der Waals surface area contributed by atoms with Crippen LogP contribution in [0.1, 0.15) is 35.1 Å². The predicted molar refractivity (Wildman–Crippen MR) is 109 cm³/mol. The Labute approximate surface area is 174 Å². The Bertz CT molecular complexity index is 1100. The molecule has 0 bridgehead atoms. The Morgan fingerprint density at radius 2 is 2.13 bits per heavy atom. The molecule has 0 saturated carbocycles. The number of fused-ring (bicyclic) bond motifs is 1. The third kappa shape index (κ3) is 3.23. The lowest BCUT2D eigenvalue weighted by molar-refractivity contribution is -0.114. The Morgan fingerprint density at radius 3 is 2.73 bits per heavy atom. The molecule has 8 nitrogen and oxygen atoms in total. The Hall–Kier alpha value is -3.57. The number of nitrogens with zero attached hydrogens (tertiary/aromatic N) is 2. The first kappa shape index (κ1) is 19.7. The number of hydrogen-bond acceptors (Lipinski definition) is 7. The maximum atomic E-state index is 12.5. The second-order valence-electron chi connectivity index (χ2n) is 7.34. The smallest absolute Gasteiger partial charge is 0.247 e. The fourth-order valence-corrected chi connectivity index (χ4v) is 3.85. The Morgan fingerprint density at radius 1 is 1.37 bits per heavy atom. The molecule has 3 heterocycles. The van der Waals surface area contributed by atoms with E-state index in [0.717, 1.165) is 11.3 Å². The van der Waals surface area contributed by atoms with Gasteiger partial charge in [-0.2, -0.15) is 5.26 Å². The van der Waals surface area contributed by atoms with E-state index in [1.807, 2.05) is 13.8 Å². The first-order chi connectivity index (χ1) is 14.4. The number of amides is 1. The minimum absolute atomic E-state index is 0.100. The number of allylic oxidation sites excluding steroid dienone is 1. The number of pyridine rings is 1. The van der Waals surface area contributed by atoms with Gasteiger partial charge in [-0.1, -0.05) is 6.07 Å². The van der Waals surface area contributed by atoms with E-state index in [1.165, 1.54) is 7.11 Å². The Kier molecular flexibility index (Phi) is 5.06. The SMILES string of the molecule is COc1cc(C#N)ccc1C1C(C(N)=O)=C(C)Nc2c(C)cnc(OC3COC3)c21. The van der Waals surface area contributed by atoms with E-state index in [4.69, 9.17) is 19.9 Å². The molecule has 3 N–H and O–H groups in total. The summed E-state index contributed by atoms with van der Waals surface area (Å²) >= 11 is 0. The number of aryl methyl sites for hydroxylation is 1. The van der Waals surface area contributed by atoms with Crippen molar-refractivity contribution >= 4 is 11.6 Å². The van der Waals surface area contributed by atoms with Gasteiger partial charge in [-0.25, -0.2) is 4.98 Å². The van der Waals surface area contributed by atoms with Gasteiger partial charge in [-0.05, 0) is 31.5 Å². The summed E-state index contributed by atoms with van der Waals surface area (Å²) in [6.45, 7) is 4.72. The van der Waals surface area contributed by atoms with E-state index >= 15 is 0 Å². The second kappa shape index (κ2) is 7.69. The highest BCUT2D eigenvalue weighted by Gasteiger charge is 2.38. The zero-order valence-electron chi connectivity index (χ0n) is 17.0. The summed E-state index contributed by atoms with van der Waals surface area (Å²) in [5.74, 6) is -0.219. The molecule has 4 rings (SSSR count). The van der Waals surface area contributed by atoms with Crippen molar-refractivity contribution in [1.29, 1.82) is 5.26 Å². The summed E-state index contributed by atoms with van der Waals surface area (Å²) in [5.41, 5.74) is 10.4. The van der Waals surface area contributed by atoms with E-state index in [2.05, 4.69) is 16.4 Å². The zero-order valence-corrected chi connectivity index (χ0v) is 17.0. The van der Waals surface area contributed by atoms with Gasteiger partial charge in [-0.15, -0.1) is 0 Å². The normalized spacial score (nSPS) is 18.0. The van der Waals surface area contributed by atoms with Gasteiger partial charge in [0, 0.05) is 23.0 Å². The number of carbonyl (C=O) groups is 1. The molecule has 1 aromatic carbocycles. The molecule has 2 aromatic rings. The average molecular weight is 406 g/mol. The molecule has 8 heteroatoms. The summed E-state index contributed by atoms with van der Waals surface area (Å²) in [4.78, 5) is 17.0. The minimum Gasteiger partial charge on any atom is -0.496 e. The van der Waals surface area contributed by atoms with Gasteiger partial charge in [0.2, 0.25) is 11.8 Å². The summed E-state index contributed by atoms with van der Waals surface area (Å²) in [5, 5.41) is 12.6. The third-order valence-corrected chi connectivity index (χ3v) is 5.39. The first-order valence-corrected chi connectivity index (χ1v) is 9.54. The topological polar surface area (TPSA) is 119 Å². The predicted octanol–water partition coefficient (Wildman–Crippen LogP) is 2.36. The van der Waals surface area contributed by atoms with Crippen molar-refractivity contribution < 1.29 is 19.0 Å². The largest absolute Gasteiger partial charge is 0.496 e. The number of ether oxygens (including phenoxy) is 3. The van der Waals surface area contributed by atoms with Crippen LogP contribution < -0.4 is 20.5 Å². The van der Waals surface area contributed by atoms with Crippen LogP contribution in [0, 0.1) is 18.3 Å². The van der Waals surface area contributed by atoms with Crippen molar-refractivity contribution in [2.24, 2.45) is 5.73 Å². The molecule has 2 aliphatic rings. The molecule has 2 aliphatic heterocycles. The van der Waals surface area contributed by atoms with Crippen molar-refractivity contribution in [2.45, 2.75) is 25.9 Å². The number of nitriles is 1. The fourth-order valence-electron chi connectivity index (χ4n) is 3.85.